The minimum Gasteiger partial charge on any atom is -0.462 e. The second-order valence-electron chi connectivity index (χ2n) is 5.99. The van der Waals surface area contributed by atoms with Crippen LogP contribution in [0.4, 0.5) is 17.6 Å². The summed E-state index contributed by atoms with van der Waals surface area (Å²) in [6, 6.07) is 2.15. The van der Waals surface area contributed by atoms with E-state index < -0.39 is 29.1 Å². The van der Waals surface area contributed by atoms with Gasteiger partial charge >= 0.3 is 12.1 Å². The largest absolute Gasteiger partial charge is 0.462 e. The van der Waals surface area contributed by atoms with Gasteiger partial charge in [0, 0.05) is 6.42 Å². The maximum Gasteiger partial charge on any atom is 0.416 e. The summed E-state index contributed by atoms with van der Waals surface area (Å²) in [4.78, 5) is 31.6. The molecule has 3 rings (SSSR count). The Morgan fingerprint density at radius 1 is 1.29 bits per heavy atom. The molecule has 0 saturated heterocycles. The first kappa shape index (κ1) is 20.0. The average molecular weight is 414 g/mol. The first-order valence-corrected chi connectivity index (χ1v) is 8.98. The van der Waals surface area contributed by atoms with Gasteiger partial charge in [-0.3, -0.25) is 4.79 Å². The molecule has 28 heavy (non-hydrogen) atoms. The number of aromatic nitrogens is 2. The van der Waals surface area contributed by atoms with Gasteiger partial charge < -0.3 is 9.72 Å². The maximum absolute atomic E-state index is 13.6. The first-order valence-electron chi connectivity index (χ1n) is 8.16. The molecule has 2 aromatic heterocycles. The lowest BCUT2D eigenvalue weighted by atomic mass is 10.1. The van der Waals surface area contributed by atoms with Crippen LogP contribution >= 0.6 is 11.3 Å². The number of aryl methyl sites for hydroxylation is 1. The highest BCUT2D eigenvalue weighted by molar-refractivity contribution is 7.20. The number of ether oxygens (including phenoxy) is 1. The summed E-state index contributed by atoms with van der Waals surface area (Å²) in [6.07, 6.45) is -4.90. The van der Waals surface area contributed by atoms with E-state index in [2.05, 4.69) is 9.97 Å². The molecule has 1 aromatic carbocycles. The predicted molar refractivity (Wildman–Crippen MR) is 95.1 cm³/mol. The number of hydrogen-bond donors (Lipinski definition) is 1. The molecule has 0 unspecified atom stereocenters. The Morgan fingerprint density at radius 3 is 2.64 bits per heavy atom. The fourth-order valence-corrected chi connectivity index (χ4v) is 3.87. The highest BCUT2D eigenvalue weighted by Gasteiger charge is 2.31. The molecule has 148 valence electrons. The van der Waals surface area contributed by atoms with Crippen LogP contribution in [-0.2, 0) is 17.3 Å². The van der Waals surface area contributed by atoms with Crippen LogP contribution in [0.1, 0.15) is 39.1 Å². The molecule has 5 nitrogen and oxygen atoms in total. The molecule has 10 heteroatoms. The summed E-state index contributed by atoms with van der Waals surface area (Å²) in [5.41, 5.74) is -1.23. The lowest BCUT2D eigenvalue weighted by Gasteiger charge is -2.09. The van der Waals surface area contributed by atoms with E-state index in [1.165, 1.54) is 0 Å². The van der Waals surface area contributed by atoms with E-state index in [-0.39, 0.29) is 39.5 Å². The van der Waals surface area contributed by atoms with Gasteiger partial charge in [0.1, 0.15) is 21.3 Å². The molecule has 3 aromatic rings. The Labute approximate surface area is 160 Å². The van der Waals surface area contributed by atoms with E-state index >= 15 is 0 Å². The number of carbonyl (C=O) groups is 1. The SMILES string of the molecule is CCOC(=O)c1sc2nc(Cc3cc(F)cc(C(F)(F)F)c3)[nH]c(=O)c2c1C. The zero-order valence-corrected chi connectivity index (χ0v) is 15.6. The van der Waals surface area contributed by atoms with Gasteiger partial charge in [0.25, 0.3) is 5.56 Å². The van der Waals surface area contributed by atoms with Crippen molar-refractivity contribution >= 4 is 27.5 Å². The standard InChI is InChI=1S/C18H14F4N2O3S/c1-3-27-17(26)14-8(2)13-15(25)23-12(24-16(13)28-14)6-9-4-10(18(20,21)22)7-11(19)5-9/h4-5,7H,3,6H2,1-2H3,(H,23,24,25). The Morgan fingerprint density at radius 2 is 2.00 bits per heavy atom. The van der Waals surface area contributed by atoms with Crippen molar-refractivity contribution in [2.24, 2.45) is 0 Å². The number of H-pyrrole nitrogens is 1. The van der Waals surface area contributed by atoms with Crippen LogP contribution in [0.3, 0.4) is 0 Å². The van der Waals surface area contributed by atoms with E-state index in [1.807, 2.05) is 0 Å². The van der Waals surface area contributed by atoms with Crippen molar-refractivity contribution in [2.45, 2.75) is 26.4 Å². The number of aromatic amines is 1. The Kier molecular flexibility index (Phi) is 5.24. The minimum absolute atomic E-state index is 0.00807. The number of carbonyl (C=O) groups excluding carboxylic acids is 1. The summed E-state index contributed by atoms with van der Waals surface area (Å²) in [7, 11) is 0. The lowest BCUT2D eigenvalue weighted by Crippen LogP contribution is -2.13. The molecule has 0 amide bonds. The van der Waals surface area contributed by atoms with Gasteiger partial charge in [-0.05, 0) is 43.2 Å². The molecule has 0 radical (unpaired) electrons. The number of benzene rings is 1. The third kappa shape index (κ3) is 3.91. The van der Waals surface area contributed by atoms with Gasteiger partial charge in [-0.25, -0.2) is 14.2 Å². The van der Waals surface area contributed by atoms with Crippen LogP contribution < -0.4 is 5.56 Å². The quantitative estimate of drug-likeness (QED) is 0.513. The van der Waals surface area contributed by atoms with Crippen LogP contribution in [0.2, 0.25) is 0 Å². The fraction of sp³-hybridized carbons (Fsp3) is 0.278. The molecule has 2 heterocycles. The third-order valence-corrected chi connectivity index (χ3v) is 5.13. The molecule has 0 atom stereocenters. The first-order chi connectivity index (χ1) is 13.1. The summed E-state index contributed by atoms with van der Waals surface area (Å²) < 4.78 is 57.1. The summed E-state index contributed by atoms with van der Waals surface area (Å²) in [5, 5.41) is 0.215. The number of nitrogens with zero attached hydrogens (tertiary/aromatic N) is 1. The lowest BCUT2D eigenvalue weighted by molar-refractivity contribution is -0.137. The van der Waals surface area contributed by atoms with E-state index in [4.69, 9.17) is 4.74 Å². The Hall–Kier alpha value is -2.75. The van der Waals surface area contributed by atoms with Crippen molar-refractivity contribution in [3.05, 3.63) is 61.8 Å². The summed E-state index contributed by atoms with van der Waals surface area (Å²) in [6.45, 7) is 3.41. The fourth-order valence-electron chi connectivity index (χ4n) is 2.77. The number of nitrogens with one attached hydrogen (secondary N) is 1. The van der Waals surface area contributed by atoms with E-state index in [1.54, 1.807) is 13.8 Å². The van der Waals surface area contributed by atoms with Crippen LogP contribution in [0.15, 0.2) is 23.0 Å². The van der Waals surface area contributed by atoms with Crippen molar-refractivity contribution in [2.75, 3.05) is 6.61 Å². The normalized spacial score (nSPS) is 11.8. The van der Waals surface area contributed by atoms with Gasteiger partial charge in [0.2, 0.25) is 0 Å². The smallest absolute Gasteiger partial charge is 0.416 e. The molecule has 0 aliphatic carbocycles. The van der Waals surface area contributed by atoms with Crippen LogP contribution in [0.5, 0.6) is 0 Å². The van der Waals surface area contributed by atoms with E-state index in [0.29, 0.717) is 11.6 Å². The number of halogens is 4. The monoisotopic (exact) mass is 414 g/mol. The predicted octanol–water partition coefficient (Wildman–Crippen LogP) is 4.22. The Bertz CT molecular complexity index is 1120. The van der Waals surface area contributed by atoms with Gasteiger partial charge in [0.05, 0.1) is 17.6 Å². The summed E-state index contributed by atoms with van der Waals surface area (Å²) in [5.74, 6) is -1.55. The summed E-state index contributed by atoms with van der Waals surface area (Å²) >= 11 is 0.962. The van der Waals surface area contributed by atoms with Crippen molar-refractivity contribution in [3.63, 3.8) is 0 Å². The second-order valence-corrected chi connectivity index (χ2v) is 6.99. The topological polar surface area (TPSA) is 72.0 Å². The molecular weight excluding hydrogens is 400 g/mol. The van der Waals surface area contributed by atoms with E-state index in [0.717, 1.165) is 23.5 Å². The Balaban J connectivity index is 2.03. The van der Waals surface area contributed by atoms with Crippen LogP contribution in [-0.4, -0.2) is 22.5 Å². The van der Waals surface area contributed by atoms with E-state index in [9.17, 15) is 27.2 Å². The van der Waals surface area contributed by atoms with Crippen LogP contribution in [0.25, 0.3) is 10.2 Å². The molecule has 0 saturated carbocycles. The van der Waals surface area contributed by atoms with Crippen molar-refractivity contribution in [1.82, 2.24) is 9.97 Å². The zero-order valence-electron chi connectivity index (χ0n) is 14.7. The number of thiophene rings is 1. The highest BCUT2D eigenvalue weighted by Crippen LogP contribution is 2.31. The van der Waals surface area contributed by atoms with Gasteiger partial charge in [0.15, 0.2) is 0 Å². The average Bonchev–Trinajstić information content (AvgIpc) is 2.91. The van der Waals surface area contributed by atoms with Crippen LogP contribution in [0, 0.1) is 12.7 Å². The molecular formula is C18H14F4N2O3S. The molecule has 0 spiro atoms. The second kappa shape index (κ2) is 7.34. The van der Waals surface area contributed by atoms with Gasteiger partial charge in [-0.1, -0.05) is 0 Å². The number of esters is 1. The van der Waals surface area contributed by atoms with Crippen molar-refractivity contribution in [1.29, 1.82) is 0 Å². The van der Waals surface area contributed by atoms with Gasteiger partial charge in [-0.15, -0.1) is 11.3 Å². The molecule has 0 aliphatic heterocycles. The molecule has 0 bridgehead atoms. The molecule has 0 aliphatic rings. The molecule has 0 fully saturated rings. The number of fused-ring (bicyclic) bond motifs is 1. The van der Waals surface area contributed by atoms with Crippen molar-refractivity contribution in [3.8, 4) is 0 Å². The van der Waals surface area contributed by atoms with Crippen molar-refractivity contribution < 1.29 is 27.1 Å². The molecule has 1 N–H and O–H groups in total. The zero-order chi connectivity index (χ0) is 20.6. The highest BCUT2D eigenvalue weighted by atomic mass is 32.1. The number of rotatable bonds is 4. The van der Waals surface area contributed by atoms with Gasteiger partial charge in [-0.2, -0.15) is 13.2 Å². The minimum atomic E-state index is -4.69. The third-order valence-electron chi connectivity index (χ3n) is 3.97. The number of hydrogen-bond acceptors (Lipinski definition) is 5. The maximum atomic E-state index is 13.6. The number of alkyl halides is 3.